The number of anilines is 1. The summed E-state index contributed by atoms with van der Waals surface area (Å²) in [5, 5.41) is 2.65. The zero-order valence-corrected chi connectivity index (χ0v) is 15.3. The maximum Gasteiger partial charge on any atom is 0.312 e. The molecule has 0 spiro atoms. The molecule has 1 unspecified atom stereocenters. The summed E-state index contributed by atoms with van der Waals surface area (Å²) in [6, 6.07) is 9.12. The molecule has 1 atom stereocenters. The fourth-order valence-electron chi connectivity index (χ4n) is 3.15. The molecule has 4 rings (SSSR count). The first kappa shape index (κ1) is 18.0. The molecule has 9 nitrogen and oxygen atoms in total. The molecule has 1 aromatic heterocycles. The first-order valence-electron chi connectivity index (χ1n) is 9.18. The Morgan fingerprint density at radius 2 is 1.75 bits per heavy atom. The van der Waals surface area contributed by atoms with Crippen molar-refractivity contribution >= 4 is 17.8 Å². The number of para-hydroxylation sites is 2. The molecule has 0 saturated carbocycles. The lowest BCUT2D eigenvalue weighted by Gasteiger charge is -2.34. The zero-order valence-electron chi connectivity index (χ0n) is 15.3. The van der Waals surface area contributed by atoms with Crippen LogP contribution in [0.25, 0.3) is 0 Å². The van der Waals surface area contributed by atoms with Gasteiger partial charge >= 0.3 is 11.8 Å². The van der Waals surface area contributed by atoms with Crippen LogP contribution >= 0.6 is 0 Å². The lowest BCUT2D eigenvalue weighted by atomic mass is 10.2. The number of aromatic nitrogens is 2. The van der Waals surface area contributed by atoms with E-state index in [1.807, 2.05) is 29.2 Å². The third kappa shape index (κ3) is 3.98. The number of fused-ring (bicyclic) bond motifs is 1. The molecule has 1 aromatic carbocycles. The van der Waals surface area contributed by atoms with Gasteiger partial charge in [0.1, 0.15) is 12.7 Å². The maximum absolute atomic E-state index is 12.4. The monoisotopic (exact) mass is 383 g/mol. The van der Waals surface area contributed by atoms with Gasteiger partial charge < -0.3 is 24.6 Å². The molecule has 0 radical (unpaired) electrons. The van der Waals surface area contributed by atoms with Gasteiger partial charge in [-0.3, -0.25) is 9.59 Å². The van der Waals surface area contributed by atoms with Gasteiger partial charge in [-0.1, -0.05) is 12.1 Å². The lowest BCUT2D eigenvalue weighted by molar-refractivity contribution is -0.146. The largest absolute Gasteiger partial charge is 0.486 e. The highest BCUT2D eigenvalue weighted by molar-refractivity contribution is 6.35. The van der Waals surface area contributed by atoms with Gasteiger partial charge in [0.05, 0.1) is 6.54 Å². The average Bonchev–Trinajstić information content (AvgIpc) is 2.77. The number of rotatable bonds is 3. The molecule has 0 bridgehead atoms. The van der Waals surface area contributed by atoms with Crippen LogP contribution in [0, 0.1) is 0 Å². The van der Waals surface area contributed by atoms with Gasteiger partial charge in [-0.2, -0.15) is 0 Å². The smallest absolute Gasteiger partial charge is 0.312 e. The summed E-state index contributed by atoms with van der Waals surface area (Å²) in [6.45, 7) is 2.58. The second-order valence-electron chi connectivity index (χ2n) is 6.54. The molecule has 3 heterocycles. The number of piperazine rings is 1. The van der Waals surface area contributed by atoms with Gasteiger partial charge in [0.15, 0.2) is 11.5 Å². The van der Waals surface area contributed by atoms with Crippen LogP contribution in [-0.4, -0.2) is 72.1 Å². The van der Waals surface area contributed by atoms with Crippen LogP contribution in [0.1, 0.15) is 0 Å². The molecular weight excluding hydrogens is 362 g/mol. The topological polar surface area (TPSA) is 96.9 Å². The van der Waals surface area contributed by atoms with Crippen molar-refractivity contribution in [3.63, 3.8) is 0 Å². The van der Waals surface area contributed by atoms with Crippen LogP contribution in [0.15, 0.2) is 42.7 Å². The molecule has 1 N–H and O–H groups in total. The Hall–Kier alpha value is -3.36. The fraction of sp³-hybridized carbons (Fsp3) is 0.368. The van der Waals surface area contributed by atoms with Crippen LogP contribution < -0.4 is 19.7 Å². The normalized spacial score (nSPS) is 18.5. The van der Waals surface area contributed by atoms with Crippen LogP contribution in [-0.2, 0) is 9.59 Å². The molecule has 28 heavy (non-hydrogen) atoms. The van der Waals surface area contributed by atoms with Crippen LogP contribution in [0.4, 0.5) is 5.95 Å². The quantitative estimate of drug-likeness (QED) is 0.750. The van der Waals surface area contributed by atoms with Crippen LogP contribution in [0.5, 0.6) is 11.5 Å². The number of carbonyl (C=O) groups excluding carboxylic acids is 2. The van der Waals surface area contributed by atoms with E-state index < -0.39 is 11.8 Å². The second kappa shape index (κ2) is 8.12. The van der Waals surface area contributed by atoms with Crippen molar-refractivity contribution in [1.82, 2.24) is 20.2 Å². The minimum absolute atomic E-state index is 0.205. The molecule has 2 aromatic rings. The Morgan fingerprint density at radius 1 is 1.04 bits per heavy atom. The van der Waals surface area contributed by atoms with Crippen molar-refractivity contribution in [3.8, 4) is 11.5 Å². The Bertz CT molecular complexity index is 839. The number of amides is 2. The average molecular weight is 383 g/mol. The second-order valence-corrected chi connectivity index (χ2v) is 6.54. The highest BCUT2D eigenvalue weighted by Gasteiger charge is 2.28. The number of carbonyl (C=O) groups is 2. The Kier molecular flexibility index (Phi) is 5.22. The number of benzene rings is 1. The molecule has 9 heteroatoms. The van der Waals surface area contributed by atoms with Crippen molar-refractivity contribution in [1.29, 1.82) is 0 Å². The first-order chi connectivity index (χ1) is 13.7. The van der Waals surface area contributed by atoms with Gasteiger partial charge in [0.25, 0.3) is 0 Å². The number of hydrogen-bond acceptors (Lipinski definition) is 7. The number of nitrogens with one attached hydrogen (secondary N) is 1. The zero-order chi connectivity index (χ0) is 19.3. The lowest BCUT2D eigenvalue weighted by Crippen LogP contribution is -2.54. The van der Waals surface area contributed by atoms with Crippen molar-refractivity contribution < 1.29 is 19.1 Å². The van der Waals surface area contributed by atoms with E-state index in [4.69, 9.17) is 9.47 Å². The van der Waals surface area contributed by atoms with Crippen molar-refractivity contribution in [3.05, 3.63) is 42.7 Å². The molecule has 2 amide bonds. The molecule has 2 aliphatic heterocycles. The van der Waals surface area contributed by atoms with Crippen molar-refractivity contribution in [2.24, 2.45) is 0 Å². The van der Waals surface area contributed by atoms with E-state index in [-0.39, 0.29) is 12.6 Å². The highest BCUT2D eigenvalue weighted by Crippen LogP contribution is 2.30. The summed E-state index contributed by atoms with van der Waals surface area (Å²) in [5.74, 6) is 0.784. The minimum atomic E-state index is -0.633. The van der Waals surface area contributed by atoms with Crippen molar-refractivity contribution in [2.45, 2.75) is 6.10 Å². The molecule has 146 valence electrons. The van der Waals surface area contributed by atoms with Crippen LogP contribution in [0.2, 0.25) is 0 Å². The van der Waals surface area contributed by atoms with Gasteiger partial charge in [-0.25, -0.2) is 9.97 Å². The summed E-state index contributed by atoms with van der Waals surface area (Å²) in [5.41, 5.74) is 0. The Labute approximate surface area is 162 Å². The van der Waals surface area contributed by atoms with Gasteiger partial charge in [-0.05, 0) is 18.2 Å². The van der Waals surface area contributed by atoms with E-state index in [9.17, 15) is 9.59 Å². The summed E-state index contributed by atoms with van der Waals surface area (Å²) < 4.78 is 11.4. The Morgan fingerprint density at radius 3 is 2.50 bits per heavy atom. The van der Waals surface area contributed by atoms with Gasteiger partial charge in [-0.15, -0.1) is 0 Å². The number of ether oxygens (including phenoxy) is 2. The van der Waals surface area contributed by atoms with E-state index in [0.29, 0.717) is 50.2 Å². The Balaban J connectivity index is 1.24. The highest BCUT2D eigenvalue weighted by atomic mass is 16.6. The minimum Gasteiger partial charge on any atom is -0.486 e. The van der Waals surface area contributed by atoms with E-state index >= 15 is 0 Å². The number of nitrogens with zero attached hydrogens (tertiary/aromatic N) is 4. The third-order valence-corrected chi connectivity index (χ3v) is 4.65. The summed E-state index contributed by atoms with van der Waals surface area (Å²) in [6.07, 6.45) is 3.03. The first-order valence-corrected chi connectivity index (χ1v) is 9.18. The molecule has 1 saturated heterocycles. The van der Waals surface area contributed by atoms with Gasteiger partial charge in [0.2, 0.25) is 5.95 Å². The fourth-order valence-corrected chi connectivity index (χ4v) is 3.15. The van der Waals surface area contributed by atoms with Crippen LogP contribution in [0.3, 0.4) is 0 Å². The predicted molar refractivity (Wildman–Crippen MR) is 100 cm³/mol. The van der Waals surface area contributed by atoms with E-state index in [2.05, 4.69) is 15.3 Å². The van der Waals surface area contributed by atoms with E-state index in [1.54, 1.807) is 23.4 Å². The molecular formula is C19H21N5O4. The van der Waals surface area contributed by atoms with E-state index in [1.165, 1.54) is 0 Å². The summed E-state index contributed by atoms with van der Waals surface area (Å²) in [4.78, 5) is 36.6. The maximum atomic E-state index is 12.4. The van der Waals surface area contributed by atoms with E-state index in [0.717, 1.165) is 0 Å². The predicted octanol–water partition coefficient (Wildman–Crippen LogP) is 0.0814. The summed E-state index contributed by atoms with van der Waals surface area (Å²) >= 11 is 0. The standard InChI is InChI=1S/C19H21N5O4/c25-17(22-12-14-13-27-15-4-1-2-5-16(15)28-14)18(26)23-8-10-24(11-9-23)19-20-6-3-7-21-19/h1-7,14H,8-13H2,(H,22,25). The van der Waals surface area contributed by atoms with Crippen molar-refractivity contribution in [2.75, 3.05) is 44.2 Å². The third-order valence-electron chi connectivity index (χ3n) is 4.65. The SMILES string of the molecule is O=C(NCC1COc2ccccc2O1)C(=O)N1CCN(c2ncccn2)CC1. The van der Waals surface area contributed by atoms with Gasteiger partial charge in [0, 0.05) is 38.6 Å². The molecule has 1 fully saturated rings. The molecule has 2 aliphatic rings. The number of hydrogen-bond donors (Lipinski definition) is 1. The summed E-state index contributed by atoms with van der Waals surface area (Å²) in [7, 11) is 0. The molecule has 0 aliphatic carbocycles.